The molecule has 4 heteroatoms. The molecule has 2 aromatic rings. The SMILES string of the molecule is CC(O)(Cc1sccc1C(=O)O)c1ccccc1. The van der Waals surface area contributed by atoms with Crippen molar-refractivity contribution in [3.8, 4) is 0 Å². The van der Waals surface area contributed by atoms with E-state index in [-0.39, 0.29) is 5.56 Å². The third kappa shape index (κ3) is 2.60. The van der Waals surface area contributed by atoms with Gasteiger partial charge in [0.15, 0.2) is 0 Å². The number of carboxylic acids is 1. The zero-order valence-electron chi connectivity index (χ0n) is 9.96. The van der Waals surface area contributed by atoms with Crippen LogP contribution in [0, 0.1) is 0 Å². The summed E-state index contributed by atoms with van der Waals surface area (Å²) < 4.78 is 0. The molecule has 1 aromatic carbocycles. The van der Waals surface area contributed by atoms with Crippen molar-refractivity contribution >= 4 is 17.3 Å². The number of carbonyl (C=O) groups is 1. The minimum Gasteiger partial charge on any atom is -0.478 e. The summed E-state index contributed by atoms with van der Waals surface area (Å²) in [6.45, 7) is 1.70. The van der Waals surface area contributed by atoms with Crippen LogP contribution in [0.3, 0.4) is 0 Å². The molecule has 0 bridgehead atoms. The molecule has 0 aliphatic heterocycles. The van der Waals surface area contributed by atoms with Gasteiger partial charge in [0.25, 0.3) is 0 Å². The molecule has 0 fully saturated rings. The number of carboxylic acid groups (broad SMARTS) is 1. The molecule has 2 rings (SSSR count). The van der Waals surface area contributed by atoms with E-state index in [1.165, 1.54) is 11.3 Å². The Bertz CT molecular complexity index is 543. The standard InChI is InChI=1S/C14H14O3S/c1-14(17,10-5-3-2-4-6-10)9-12-11(13(15)16)7-8-18-12/h2-8,17H,9H2,1H3,(H,15,16). The van der Waals surface area contributed by atoms with Crippen LogP contribution in [0.15, 0.2) is 41.8 Å². The van der Waals surface area contributed by atoms with E-state index in [1.807, 2.05) is 30.3 Å². The molecule has 0 aliphatic carbocycles. The first-order valence-electron chi connectivity index (χ1n) is 5.58. The van der Waals surface area contributed by atoms with Crippen molar-refractivity contribution in [1.82, 2.24) is 0 Å². The predicted molar refractivity (Wildman–Crippen MR) is 71.0 cm³/mol. The second-order valence-corrected chi connectivity index (χ2v) is 5.38. The number of rotatable bonds is 4. The Balaban J connectivity index is 2.28. The highest BCUT2D eigenvalue weighted by Crippen LogP contribution is 2.29. The summed E-state index contributed by atoms with van der Waals surface area (Å²) in [6, 6.07) is 10.9. The van der Waals surface area contributed by atoms with Crippen molar-refractivity contribution in [2.45, 2.75) is 18.9 Å². The van der Waals surface area contributed by atoms with E-state index in [4.69, 9.17) is 5.11 Å². The molecule has 0 saturated carbocycles. The first-order chi connectivity index (χ1) is 8.50. The Kier molecular flexibility index (Phi) is 3.50. The fraction of sp³-hybridized carbons (Fsp3) is 0.214. The van der Waals surface area contributed by atoms with Gasteiger partial charge in [0.05, 0.1) is 11.2 Å². The molecule has 1 heterocycles. The van der Waals surface area contributed by atoms with Gasteiger partial charge in [-0.2, -0.15) is 0 Å². The van der Waals surface area contributed by atoms with Gasteiger partial charge >= 0.3 is 5.97 Å². The van der Waals surface area contributed by atoms with E-state index in [2.05, 4.69) is 0 Å². The van der Waals surface area contributed by atoms with E-state index in [0.29, 0.717) is 11.3 Å². The van der Waals surface area contributed by atoms with Crippen LogP contribution in [0.2, 0.25) is 0 Å². The maximum Gasteiger partial charge on any atom is 0.336 e. The van der Waals surface area contributed by atoms with Crippen molar-refractivity contribution < 1.29 is 15.0 Å². The Hall–Kier alpha value is -1.65. The average molecular weight is 262 g/mol. The second kappa shape index (κ2) is 4.92. The van der Waals surface area contributed by atoms with Crippen molar-refractivity contribution in [1.29, 1.82) is 0 Å². The molecule has 0 spiro atoms. The molecule has 2 N–H and O–H groups in total. The van der Waals surface area contributed by atoms with Gasteiger partial charge in [0, 0.05) is 11.3 Å². The highest BCUT2D eigenvalue weighted by molar-refractivity contribution is 7.10. The summed E-state index contributed by atoms with van der Waals surface area (Å²) >= 11 is 1.36. The van der Waals surface area contributed by atoms with Crippen molar-refractivity contribution in [3.05, 3.63) is 57.8 Å². The fourth-order valence-electron chi connectivity index (χ4n) is 1.88. The molecular weight excluding hydrogens is 248 g/mol. The Morgan fingerprint density at radius 3 is 2.56 bits per heavy atom. The zero-order chi connectivity index (χ0) is 13.2. The predicted octanol–water partition coefficient (Wildman–Crippen LogP) is 2.90. The molecule has 1 unspecified atom stereocenters. The fourth-order valence-corrected chi connectivity index (χ4v) is 2.90. The number of hydrogen-bond donors (Lipinski definition) is 2. The lowest BCUT2D eigenvalue weighted by atomic mass is 9.91. The highest BCUT2D eigenvalue weighted by Gasteiger charge is 2.26. The van der Waals surface area contributed by atoms with E-state index in [1.54, 1.807) is 18.4 Å². The zero-order valence-corrected chi connectivity index (χ0v) is 10.8. The van der Waals surface area contributed by atoms with Gasteiger partial charge in [-0.25, -0.2) is 4.79 Å². The first-order valence-corrected chi connectivity index (χ1v) is 6.46. The summed E-state index contributed by atoms with van der Waals surface area (Å²) in [6.07, 6.45) is 0.302. The topological polar surface area (TPSA) is 57.5 Å². The van der Waals surface area contributed by atoms with Gasteiger partial charge in [0.1, 0.15) is 0 Å². The van der Waals surface area contributed by atoms with Crippen LogP contribution in [-0.4, -0.2) is 16.2 Å². The summed E-state index contributed by atoms with van der Waals surface area (Å²) in [5.41, 5.74) is 0.00185. The Morgan fingerprint density at radius 1 is 1.28 bits per heavy atom. The van der Waals surface area contributed by atoms with Crippen molar-refractivity contribution in [3.63, 3.8) is 0 Å². The van der Waals surface area contributed by atoms with Gasteiger partial charge in [0.2, 0.25) is 0 Å². The molecule has 0 aliphatic rings. The minimum atomic E-state index is -1.06. The highest BCUT2D eigenvalue weighted by atomic mass is 32.1. The maximum atomic E-state index is 11.0. The van der Waals surface area contributed by atoms with E-state index in [0.717, 1.165) is 5.56 Å². The van der Waals surface area contributed by atoms with Gasteiger partial charge in [-0.1, -0.05) is 30.3 Å². The minimum absolute atomic E-state index is 0.274. The van der Waals surface area contributed by atoms with Gasteiger partial charge in [-0.05, 0) is 23.9 Å². The summed E-state index contributed by atoms with van der Waals surface area (Å²) in [4.78, 5) is 11.7. The lowest BCUT2D eigenvalue weighted by Gasteiger charge is -2.23. The Labute approximate surface area is 109 Å². The average Bonchev–Trinajstić information content (AvgIpc) is 2.78. The summed E-state index contributed by atoms with van der Waals surface area (Å²) in [7, 11) is 0. The third-order valence-electron chi connectivity index (χ3n) is 2.88. The van der Waals surface area contributed by atoms with E-state index >= 15 is 0 Å². The lowest BCUT2D eigenvalue weighted by molar-refractivity contribution is 0.0574. The molecule has 0 amide bonds. The summed E-state index contributed by atoms with van der Waals surface area (Å²) in [5, 5.41) is 21.3. The molecule has 1 atom stereocenters. The lowest BCUT2D eigenvalue weighted by Crippen LogP contribution is -2.24. The molecule has 0 radical (unpaired) electrons. The summed E-state index contributed by atoms with van der Waals surface area (Å²) in [5.74, 6) is -0.949. The number of aliphatic hydroxyl groups is 1. The largest absolute Gasteiger partial charge is 0.478 e. The maximum absolute atomic E-state index is 11.0. The third-order valence-corrected chi connectivity index (χ3v) is 3.80. The molecular formula is C14H14O3S. The molecule has 3 nitrogen and oxygen atoms in total. The number of thiophene rings is 1. The molecule has 94 valence electrons. The van der Waals surface area contributed by atoms with E-state index < -0.39 is 11.6 Å². The smallest absolute Gasteiger partial charge is 0.336 e. The van der Waals surface area contributed by atoms with Crippen LogP contribution in [0.1, 0.15) is 27.7 Å². The first kappa shape index (κ1) is 12.8. The van der Waals surface area contributed by atoms with Crippen LogP contribution >= 0.6 is 11.3 Å². The quantitative estimate of drug-likeness (QED) is 0.890. The van der Waals surface area contributed by atoms with Gasteiger partial charge < -0.3 is 10.2 Å². The van der Waals surface area contributed by atoms with Crippen LogP contribution in [-0.2, 0) is 12.0 Å². The van der Waals surface area contributed by atoms with E-state index in [9.17, 15) is 9.90 Å². The van der Waals surface area contributed by atoms with Crippen LogP contribution in [0.5, 0.6) is 0 Å². The molecule has 0 saturated heterocycles. The van der Waals surface area contributed by atoms with Crippen molar-refractivity contribution in [2.75, 3.05) is 0 Å². The van der Waals surface area contributed by atoms with Gasteiger partial charge in [-0.15, -0.1) is 11.3 Å². The number of hydrogen-bond acceptors (Lipinski definition) is 3. The molecule has 18 heavy (non-hydrogen) atoms. The second-order valence-electron chi connectivity index (χ2n) is 4.38. The normalized spacial score (nSPS) is 14.1. The number of benzene rings is 1. The monoisotopic (exact) mass is 262 g/mol. The van der Waals surface area contributed by atoms with Gasteiger partial charge in [-0.3, -0.25) is 0 Å². The Morgan fingerprint density at radius 2 is 1.94 bits per heavy atom. The van der Waals surface area contributed by atoms with Crippen LogP contribution in [0.4, 0.5) is 0 Å². The molecule has 1 aromatic heterocycles. The van der Waals surface area contributed by atoms with Crippen molar-refractivity contribution in [2.24, 2.45) is 0 Å². The van der Waals surface area contributed by atoms with Crippen LogP contribution in [0.25, 0.3) is 0 Å². The van der Waals surface area contributed by atoms with Crippen LogP contribution < -0.4 is 0 Å². The number of aromatic carboxylic acids is 1.